The molecule has 1 heterocycles. The number of rotatable bonds is 2. The lowest BCUT2D eigenvalue weighted by molar-refractivity contribution is 0.747. The first-order valence-corrected chi connectivity index (χ1v) is 5.65. The van der Waals surface area contributed by atoms with Gasteiger partial charge >= 0.3 is 0 Å². The topological polar surface area (TPSA) is 27.0 Å². The van der Waals surface area contributed by atoms with Crippen LogP contribution in [0.5, 0.6) is 0 Å². The predicted octanol–water partition coefficient (Wildman–Crippen LogP) is 2.33. The van der Waals surface area contributed by atoms with Crippen molar-refractivity contribution in [3.63, 3.8) is 0 Å². The zero-order valence-electron chi connectivity index (χ0n) is 8.74. The summed E-state index contributed by atoms with van der Waals surface area (Å²) < 4.78 is 0. The summed E-state index contributed by atoms with van der Waals surface area (Å²) in [5.74, 6) is 0.937. The molecule has 1 aliphatic carbocycles. The van der Waals surface area contributed by atoms with Gasteiger partial charge in [-0.05, 0) is 48.9 Å². The molecule has 0 saturated heterocycles. The van der Waals surface area contributed by atoms with Gasteiger partial charge in [0.1, 0.15) is 0 Å². The lowest BCUT2D eigenvalue weighted by Gasteiger charge is -2.18. The molecule has 2 aliphatic rings. The third kappa shape index (κ3) is 1.59. The fraction of sp³-hybridized carbons (Fsp3) is 0.462. The molecule has 1 aliphatic heterocycles. The van der Waals surface area contributed by atoms with Gasteiger partial charge in [0.05, 0.1) is 11.6 Å². The van der Waals surface area contributed by atoms with Crippen LogP contribution >= 0.6 is 0 Å². The lowest BCUT2D eigenvalue weighted by atomic mass is 10.1. The zero-order chi connectivity index (χ0) is 10.3. The molecule has 1 saturated carbocycles. The molecule has 0 aromatic heterocycles. The molecule has 1 fully saturated rings. The van der Waals surface area contributed by atoms with Crippen LogP contribution in [0.3, 0.4) is 0 Å². The largest absolute Gasteiger partial charge is 0.371 e. The quantitative estimate of drug-likeness (QED) is 0.729. The fourth-order valence-corrected chi connectivity index (χ4v) is 2.34. The molecular formula is C13H14N2. The van der Waals surface area contributed by atoms with Gasteiger partial charge in [-0.1, -0.05) is 0 Å². The van der Waals surface area contributed by atoms with Crippen LogP contribution in [0.1, 0.15) is 24.0 Å². The maximum Gasteiger partial charge on any atom is 0.0991 e. The average Bonchev–Trinajstić information content (AvgIpc) is 2.99. The molecule has 3 rings (SSSR count). The standard InChI is InChI=1S/C13H14N2/c14-8-11-3-4-13-12(7-11)5-6-15(13)9-10-1-2-10/h3-4,7,10H,1-2,5-6,9H2. The van der Waals surface area contributed by atoms with Gasteiger partial charge in [-0.25, -0.2) is 0 Å². The molecule has 0 bridgehead atoms. The average molecular weight is 198 g/mol. The van der Waals surface area contributed by atoms with Crippen LogP contribution in [-0.4, -0.2) is 13.1 Å². The van der Waals surface area contributed by atoms with E-state index in [1.807, 2.05) is 12.1 Å². The van der Waals surface area contributed by atoms with Gasteiger partial charge in [0.2, 0.25) is 0 Å². The summed E-state index contributed by atoms with van der Waals surface area (Å²) in [6.07, 6.45) is 3.92. The molecule has 1 aromatic carbocycles. The van der Waals surface area contributed by atoms with Gasteiger partial charge in [0, 0.05) is 18.8 Å². The number of fused-ring (bicyclic) bond motifs is 1. The maximum atomic E-state index is 8.83. The Labute approximate surface area is 90.1 Å². The summed E-state index contributed by atoms with van der Waals surface area (Å²) in [7, 11) is 0. The summed E-state index contributed by atoms with van der Waals surface area (Å²) in [5.41, 5.74) is 3.51. The van der Waals surface area contributed by atoms with E-state index >= 15 is 0 Å². The van der Waals surface area contributed by atoms with Crippen LogP contribution in [0.25, 0.3) is 0 Å². The van der Waals surface area contributed by atoms with Crippen LogP contribution < -0.4 is 4.90 Å². The van der Waals surface area contributed by atoms with Crippen molar-refractivity contribution >= 4 is 5.69 Å². The second kappa shape index (κ2) is 3.27. The lowest BCUT2D eigenvalue weighted by Crippen LogP contribution is -2.22. The van der Waals surface area contributed by atoms with Crippen molar-refractivity contribution in [3.05, 3.63) is 29.3 Å². The normalized spacial score (nSPS) is 18.7. The minimum Gasteiger partial charge on any atom is -0.371 e. The van der Waals surface area contributed by atoms with Crippen molar-refractivity contribution < 1.29 is 0 Å². The van der Waals surface area contributed by atoms with Crippen molar-refractivity contribution in [1.82, 2.24) is 0 Å². The number of benzene rings is 1. The van der Waals surface area contributed by atoms with Gasteiger partial charge in [0.15, 0.2) is 0 Å². The van der Waals surface area contributed by atoms with Gasteiger partial charge < -0.3 is 4.90 Å². The van der Waals surface area contributed by atoms with Crippen molar-refractivity contribution in [2.24, 2.45) is 5.92 Å². The smallest absolute Gasteiger partial charge is 0.0991 e. The molecule has 0 radical (unpaired) electrons. The van der Waals surface area contributed by atoms with Crippen molar-refractivity contribution in [2.75, 3.05) is 18.0 Å². The Morgan fingerprint density at radius 3 is 3.00 bits per heavy atom. The molecule has 0 unspecified atom stereocenters. The van der Waals surface area contributed by atoms with Gasteiger partial charge in [-0.3, -0.25) is 0 Å². The Bertz CT molecular complexity index is 427. The minimum atomic E-state index is 0.794. The van der Waals surface area contributed by atoms with Crippen LogP contribution in [0.2, 0.25) is 0 Å². The van der Waals surface area contributed by atoms with Gasteiger partial charge in [0.25, 0.3) is 0 Å². The highest BCUT2D eigenvalue weighted by molar-refractivity contribution is 5.60. The molecule has 0 spiro atoms. The van der Waals surface area contributed by atoms with E-state index < -0.39 is 0 Å². The first-order chi connectivity index (χ1) is 7.36. The van der Waals surface area contributed by atoms with Crippen LogP contribution in [0.15, 0.2) is 18.2 Å². The van der Waals surface area contributed by atoms with E-state index in [4.69, 9.17) is 5.26 Å². The Morgan fingerprint density at radius 1 is 1.40 bits per heavy atom. The first kappa shape index (κ1) is 8.79. The maximum absolute atomic E-state index is 8.83. The predicted molar refractivity (Wildman–Crippen MR) is 59.8 cm³/mol. The Hall–Kier alpha value is -1.49. The van der Waals surface area contributed by atoms with Crippen LogP contribution in [0.4, 0.5) is 5.69 Å². The molecule has 2 heteroatoms. The Morgan fingerprint density at radius 2 is 2.27 bits per heavy atom. The SMILES string of the molecule is N#Cc1ccc2c(c1)CCN2CC1CC1. The molecule has 76 valence electrons. The van der Waals surface area contributed by atoms with E-state index in [0.29, 0.717) is 0 Å². The number of hydrogen-bond acceptors (Lipinski definition) is 2. The fourth-order valence-electron chi connectivity index (χ4n) is 2.34. The molecule has 2 nitrogen and oxygen atoms in total. The first-order valence-electron chi connectivity index (χ1n) is 5.65. The third-order valence-electron chi connectivity index (χ3n) is 3.38. The summed E-state index contributed by atoms with van der Waals surface area (Å²) in [6, 6.07) is 8.30. The van der Waals surface area contributed by atoms with E-state index in [1.165, 1.54) is 30.6 Å². The van der Waals surface area contributed by atoms with Gasteiger partial charge in [-0.15, -0.1) is 0 Å². The monoisotopic (exact) mass is 198 g/mol. The molecule has 1 aromatic rings. The second-order valence-electron chi connectivity index (χ2n) is 4.59. The van der Waals surface area contributed by atoms with Crippen LogP contribution in [0, 0.1) is 17.2 Å². The van der Waals surface area contributed by atoms with Crippen molar-refractivity contribution in [2.45, 2.75) is 19.3 Å². The molecular weight excluding hydrogens is 184 g/mol. The summed E-state index contributed by atoms with van der Waals surface area (Å²) >= 11 is 0. The molecule has 0 atom stereocenters. The number of hydrogen-bond donors (Lipinski definition) is 0. The van der Waals surface area contributed by atoms with E-state index in [2.05, 4.69) is 17.0 Å². The Balaban J connectivity index is 1.86. The van der Waals surface area contributed by atoms with E-state index in [0.717, 1.165) is 24.4 Å². The molecule has 0 amide bonds. The number of nitrogens with zero attached hydrogens (tertiary/aromatic N) is 2. The van der Waals surface area contributed by atoms with E-state index in [9.17, 15) is 0 Å². The minimum absolute atomic E-state index is 0.794. The molecule has 15 heavy (non-hydrogen) atoms. The van der Waals surface area contributed by atoms with Crippen molar-refractivity contribution in [3.8, 4) is 6.07 Å². The highest BCUT2D eigenvalue weighted by atomic mass is 15.1. The van der Waals surface area contributed by atoms with Gasteiger partial charge in [-0.2, -0.15) is 5.26 Å². The highest BCUT2D eigenvalue weighted by Crippen LogP contribution is 2.35. The van der Waals surface area contributed by atoms with Crippen LogP contribution in [-0.2, 0) is 6.42 Å². The van der Waals surface area contributed by atoms with Crippen molar-refractivity contribution in [1.29, 1.82) is 5.26 Å². The Kier molecular flexibility index (Phi) is 1.92. The second-order valence-corrected chi connectivity index (χ2v) is 4.59. The molecule has 0 N–H and O–H groups in total. The third-order valence-corrected chi connectivity index (χ3v) is 3.38. The summed E-state index contributed by atoms with van der Waals surface area (Å²) in [5, 5.41) is 8.83. The summed E-state index contributed by atoms with van der Waals surface area (Å²) in [4.78, 5) is 2.48. The number of anilines is 1. The van der Waals surface area contributed by atoms with E-state index in [1.54, 1.807) is 0 Å². The zero-order valence-corrected chi connectivity index (χ0v) is 8.74. The highest BCUT2D eigenvalue weighted by Gasteiger charge is 2.27. The number of nitriles is 1. The summed E-state index contributed by atoms with van der Waals surface area (Å²) in [6.45, 7) is 2.36. The van der Waals surface area contributed by atoms with E-state index in [-0.39, 0.29) is 0 Å².